The maximum atomic E-state index is 11.6. The van der Waals surface area contributed by atoms with Crippen LogP contribution in [0.2, 0.25) is 0 Å². The summed E-state index contributed by atoms with van der Waals surface area (Å²) in [7, 11) is 0. The Labute approximate surface area is 124 Å². The van der Waals surface area contributed by atoms with Crippen molar-refractivity contribution < 1.29 is 9.90 Å². The van der Waals surface area contributed by atoms with Crippen molar-refractivity contribution in [3.8, 4) is 0 Å². The number of thiazole rings is 1. The van der Waals surface area contributed by atoms with Crippen molar-refractivity contribution in [1.82, 2.24) is 9.88 Å². The molecular weight excluding hydrogens is 274 g/mol. The van der Waals surface area contributed by atoms with Crippen molar-refractivity contribution in [2.24, 2.45) is 5.41 Å². The predicted octanol–water partition coefficient (Wildman–Crippen LogP) is 2.16. The number of piperazine rings is 1. The Morgan fingerprint density at radius 1 is 1.35 bits per heavy atom. The normalized spacial score (nSPS) is 17.4. The van der Waals surface area contributed by atoms with Crippen LogP contribution in [-0.4, -0.2) is 53.7 Å². The number of carbonyl (C=O) groups is 1. The van der Waals surface area contributed by atoms with E-state index in [9.17, 15) is 9.90 Å². The summed E-state index contributed by atoms with van der Waals surface area (Å²) >= 11 is 1.66. The fourth-order valence-corrected chi connectivity index (χ4v) is 3.44. The Morgan fingerprint density at radius 3 is 2.45 bits per heavy atom. The molecule has 1 aromatic rings. The zero-order valence-corrected chi connectivity index (χ0v) is 13.0. The first-order chi connectivity index (χ1) is 9.61. The Hall–Kier alpha value is -1.14. The van der Waals surface area contributed by atoms with Crippen LogP contribution in [0.25, 0.3) is 0 Å². The standard InChI is InChI=1S/C14H23N3O2S/c1-3-14(4-2,12(18)19)11-16-6-8-17(9-7-16)13-15-5-10-20-13/h5,10H,3-4,6-9,11H2,1-2H3,(H,18,19). The molecule has 1 aromatic heterocycles. The van der Waals surface area contributed by atoms with Gasteiger partial charge < -0.3 is 10.0 Å². The van der Waals surface area contributed by atoms with Crippen molar-refractivity contribution in [3.63, 3.8) is 0 Å². The van der Waals surface area contributed by atoms with E-state index in [-0.39, 0.29) is 0 Å². The molecule has 20 heavy (non-hydrogen) atoms. The number of aromatic nitrogens is 1. The minimum Gasteiger partial charge on any atom is -0.481 e. The van der Waals surface area contributed by atoms with Gasteiger partial charge in [-0.25, -0.2) is 4.98 Å². The van der Waals surface area contributed by atoms with Gasteiger partial charge in [0.25, 0.3) is 0 Å². The van der Waals surface area contributed by atoms with Crippen molar-refractivity contribution in [1.29, 1.82) is 0 Å². The van der Waals surface area contributed by atoms with Crippen LogP contribution in [0.5, 0.6) is 0 Å². The number of rotatable bonds is 6. The molecule has 2 rings (SSSR count). The minimum atomic E-state index is -0.662. The first kappa shape index (κ1) is 15.3. The molecule has 1 aliphatic rings. The molecule has 0 atom stereocenters. The van der Waals surface area contributed by atoms with Crippen molar-refractivity contribution in [3.05, 3.63) is 11.6 Å². The second-order valence-corrected chi connectivity index (χ2v) is 6.24. The molecule has 0 unspecified atom stereocenters. The van der Waals surface area contributed by atoms with Gasteiger partial charge in [-0.1, -0.05) is 13.8 Å². The average Bonchev–Trinajstić information content (AvgIpc) is 2.99. The number of hydrogen-bond acceptors (Lipinski definition) is 5. The van der Waals surface area contributed by atoms with Crippen LogP contribution >= 0.6 is 11.3 Å². The SMILES string of the molecule is CCC(CC)(CN1CCN(c2nccs2)CC1)C(=O)O. The fraction of sp³-hybridized carbons (Fsp3) is 0.714. The summed E-state index contributed by atoms with van der Waals surface area (Å²) in [5.41, 5.74) is -0.594. The molecule has 0 aromatic carbocycles. The molecule has 0 amide bonds. The summed E-state index contributed by atoms with van der Waals surface area (Å²) < 4.78 is 0. The van der Waals surface area contributed by atoms with Gasteiger partial charge in [-0.15, -0.1) is 11.3 Å². The number of hydrogen-bond donors (Lipinski definition) is 1. The average molecular weight is 297 g/mol. The van der Waals surface area contributed by atoms with Crippen LogP contribution in [0, 0.1) is 5.41 Å². The molecule has 1 saturated heterocycles. The Bertz CT molecular complexity index is 424. The van der Waals surface area contributed by atoms with E-state index in [4.69, 9.17) is 0 Å². The summed E-state index contributed by atoms with van der Waals surface area (Å²) in [6.45, 7) is 8.28. The number of carboxylic acid groups (broad SMARTS) is 1. The molecular formula is C14H23N3O2S. The van der Waals surface area contributed by atoms with E-state index in [1.165, 1.54) is 0 Å². The maximum absolute atomic E-state index is 11.6. The van der Waals surface area contributed by atoms with E-state index >= 15 is 0 Å². The van der Waals surface area contributed by atoms with Crippen LogP contribution in [-0.2, 0) is 4.79 Å². The minimum absolute atomic E-state index is 0.594. The topological polar surface area (TPSA) is 56.7 Å². The largest absolute Gasteiger partial charge is 0.481 e. The summed E-state index contributed by atoms with van der Waals surface area (Å²) in [5, 5.41) is 12.6. The molecule has 112 valence electrons. The molecule has 1 fully saturated rings. The lowest BCUT2D eigenvalue weighted by Gasteiger charge is -2.39. The third-order valence-electron chi connectivity index (χ3n) is 4.40. The van der Waals surface area contributed by atoms with Gasteiger partial charge in [0.1, 0.15) is 0 Å². The predicted molar refractivity (Wildman–Crippen MR) is 81.4 cm³/mol. The number of carboxylic acids is 1. The van der Waals surface area contributed by atoms with E-state index < -0.39 is 11.4 Å². The molecule has 2 heterocycles. The lowest BCUT2D eigenvalue weighted by molar-refractivity contribution is -0.150. The monoisotopic (exact) mass is 297 g/mol. The highest BCUT2D eigenvalue weighted by atomic mass is 32.1. The molecule has 6 heteroatoms. The van der Waals surface area contributed by atoms with Crippen molar-refractivity contribution in [2.75, 3.05) is 37.6 Å². The third-order valence-corrected chi connectivity index (χ3v) is 5.23. The molecule has 0 saturated carbocycles. The van der Waals surface area contributed by atoms with Gasteiger partial charge in [-0.2, -0.15) is 0 Å². The maximum Gasteiger partial charge on any atom is 0.310 e. The summed E-state index contributed by atoms with van der Waals surface area (Å²) in [4.78, 5) is 20.5. The van der Waals surface area contributed by atoms with E-state index in [2.05, 4.69) is 14.8 Å². The summed E-state index contributed by atoms with van der Waals surface area (Å²) in [6.07, 6.45) is 3.20. The molecule has 5 nitrogen and oxygen atoms in total. The second kappa shape index (κ2) is 6.54. The van der Waals surface area contributed by atoms with Crippen LogP contribution in [0.3, 0.4) is 0 Å². The van der Waals surface area contributed by atoms with Gasteiger partial charge in [0.05, 0.1) is 5.41 Å². The number of anilines is 1. The Morgan fingerprint density at radius 2 is 2.00 bits per heavy atom. The van der Waals surface area contributed by atoms with Gasteiger partial charge >= 0.3 is 5.97 Å². The third kappa shape index (κ3) is 3.12. The van der Waals surface area contributed by atoms with Crippen LogP contribution in [0.4, 0.5) is 5.13 Å². The smallest absolute Gasteiger partial charge is 0.310 e. The van der Waals surface area contributed by atoms with Crippen LogP contribution < -0.4 is 4.90 Å². The first-order valence-electron chi connectivity index (χ1n) is 7.21. The quantitative estimate of drug-likeness (QED) is 0.872. The molecule has 1 aliphatic heterocycles. The van der Waals surface area contributed by atoms with Crippen molar-refractivity contribution in [2.45, 2.75) is 26.7 Å². The first-order valence-corrected chi connectivity index (χ1v) is 8.09. The van der Waals surface area contributed by atoms with Gasteiger partial charge in [0.2, 0.25) is 0 Å². The van der Waals surface area contributed by atoms with Crippen LogP contribution in [0.1, 0.15) is 26.7 Å². The highest BCUT2D eigenvalue weighted by Crippen LogP contribution is 2.29. The van der Waals surface area contributed by atoms with E-state index in [0.717, 1.165) is 31.3 Å². The lowest BCUT2D eigenvalue weighted by atomic mass is 9.81. The number of nitrogens with zero attached hydrogens (tertiary/aromatic N) is 3. The Balaban J connectivity index is 1.92. The lowest BCUT2D eigenvalue weighted by Crippen LogP contribution is -2.51. The molecule has 0 aliphatic carbocycles. The highest BCUT2D eigenvalue weighted by Gasteiger charge is 2.37. The Kier molecular flexibility index (Phi) is 4.99. The molecule has 0 radical (unpaired) electrons. The van der Waals surface area contributed by atoms with E-state index in [1.54, 1.807) is 11.3 Å². The van der Waals surface area contributed by atoms with Gasteiger partial charge in [-0.05, 0) is 12.8 Å². The van der Waals surface area contributed by atoms with Crippen LogP contribution in [0.15, 0.2) is 11.6 Å². The van der Waals surface area contributed by atoms with Gasteiger partial charge in [0, 0.05) is 44.3 Å². The zero-order valence-electron chi connectivity index (χ0n) is 12.2. The summed E-state index contributed by atoms with van der Waals surface area (Å²) in [6, 6.07) is 0. The highest BCUT2D eigenvalue weighted by molar-refractivity contribution is 7.13. The number of aliphatic carboxylic acids is 1. The van der Waals surface area contributed by atoms with Crippen molar-refractivity contribution >= 4 is 22.4 Å². The van der Waals surface area contributed by atoms with Gasteiger partial charge in [-0.3, -0.25) is 9.69 Å². The fourth-order valence-electron chi connectivity index (χ4n) is 2.74. The zero-order chi connectivity index (χ0) is 14.6. The second-order valence-electron chi connectivity index (χ2n) is 5.37. The molecule has 1 N–H and O–H groups in total. The summed E-state index contributed by atoms with van der Waals surface area (Å²) in [5.74, 6) is -0.662. The van der Waals surface area contributed by atoms with E-state index in [1.807, 2.05) is 25.4 Å². The molecule has 0 bridgehead atoms. The van der Waals surface area contributed by atoms with E-state index in [0.29, 0.717) is 19.4 Å². The molecule has 0 spiro atoms. The van der Waals surface area contributed by atoms with Gasteiger partial charge in [0.15, 0.2) is 5.13 Å².